The van der Waals surface area contributed by atoms with E-state index in [1.165, 1.54) is 19.3 Å². The first-order chi connectivity index (χ1) is 12.7. The van der Waals surface area contributed by atoms with E-state index in [1.807, 2.05) is 7.05 Å². The number of carbonyl (C=O) groups is 1. The van der Waals surface area contributed by atoms with Gasteiger partial charge in [-0.1, -0.05) is 33.1 Å². The van der Waals surface area contributed by atoms with E-state index < -0.39 is 0 Å². The molecule has 2 aliphatic rings. The first-order valence-electron chi connectivity index (χ1n) is 10.7. The van der Waals surface area contributed by atoms with Crippen LogP contribution in [0.1, 0.15) is 58.8 Å². The third-order valence-corrected chi connectivity index (χ3v) is 5.86. The molecule has 0 aromatic carbocycles. The van der Waals surface area contributed by atoms with Crippen LogP contribution in [0.4, 0.5) is 0 Å². The zero-order valence-corrected chi connectivity index (χ0v) is 17.1. The zero-order chi connectivity index (χ0) is 18.8. The number of rotatable bonds is 8. The molecule has 1 saturated carbocycles. The van der Waals surface area contributed by atoms with E-state index in [2.05, 4.69) is 39.3 Å². The number of likely N-dealkylation sites (tertiary alicyclic amines) is 1. The first kappa shape index (κ1) is 21.0. The number of nitrogens with zero attached hydrogens (tertiary/aromatic N) is 3. The van der Waals surface area contributed by atoms with Gasteiger partial charge in [-0.05, 0) is 45.3 Å². The average Bonchev–Trinajstić information content (AvgIpc) is 3.15. The molecular weight excluding hydrogens is 326 g/mol. The van der Waals surface area contributed by atoms with Crippen molar-refractivity contribution in [2.75, 3.05) is 46.3 Å². The summed E-state index contributed by atoms with van der Waals surface area (Å²) in [5.41, 5.74) is 0. The summed E-state index contributed by atoms with van der Waals surface area (Å²) in [5.74, 6) is 1.53. The van der Waals surface area contributed by atoms with Gasteiger partial charge in [0.1, 0.15) is 0 Å². The minimum atomic E-state index is 0.278. The number of nitrogens with one attached hydrogen (secondary N) is 2. The van der Waals surface area contributed by atoms with E-state index in [-0.39, 0.29) is 5.92 Å². The summed E-state index contributed by atoms with van der Waals surface area (Å²) in [4.78, 5) is 21.5. The summed E-state index contributed by atoms with van der Waals surface area (Å²) in [5, 5.41) is 6.92. The van der Waals surface area contributed by atoms with E-state index in [0.717, 1.165) is 70.9 Å². The summed E-state index contributed by atoms with van der Waals surface area (Å²) in [6.45, 7) is 10.4. The molecule has 2 fully saturated rings. The highest BCUT2D eigenvalue weighted by atomic mass is 16.2. The molecule has 1 atom stereocenters. The fourth-order valence-corrected chi connectivity index (χ4v) is 4.12. The third-order valence-electron chi connectivity index (χ3n) is 5.86. The summed E-state index contributed by atoms with van der Waals surface area (Å²) in [6, 6.07) is 0.316. The van der Waals surface area contributed by atoms with Crippen LogP contribution in [-0.2, 0) is 4.79 Å². The second-order valence-electron chi connectivity index (χ2n) is 7.63. The highest BCUT2D eigenvalue weighted by molar-refractivity contribution is 5.81. The molecule has 0 spiro atoms. The van der Waals surface area contributed by atoms with Crippen molar-refractivity contribution in [1.29, 1.82) is 0 Å². The van der Waals surface area contributed by atoms with Gasteiger partial charge in [0, 0.05) is 38.6 Å². The van der Waals surface area contributed by atoms with Gasteiger partial charge in [-0.2, -0.15) is 0 Å². The standard InChI is InChI=1S/C20H39N5O/c1-4-24(5-2)14-9-13-22-20(21-3)23-18-12-15-25(16-18)19(26)17-10-7-6-8-11-17/h17-18H,4-16H2,1-3H3,(H2,21,22,23). The average molecular weight is 366 g/mol. The molecule has 1 unspecified atom stereocenters. The molecule has 0 bridgehead atoms. The van der Waals surface area contributed by atoms with Crippen molar-refractivity contribution in [3.8, 4) is 0 Å². The Labute approximate surface area is 159 Å². The molecule has 2 rings (SSSR count). The summed E-state index contributed by atoms with van der Waals surface area (Å²) in [7, 11) is 1.82. The Balaban J connectivity index is 1.68. The lowest BCUT2D eigenvalue weighted by Crippen LogP contribution is -2.46. The van der Waals surface area contributed by atoms with Gasteiger partial charge in [0.15, 0.2) is 5.96 Å². The number of aliphatic imine (C=N–C) groups is 1. The Kier molecular flexibility index (Phi) is 9.23. The van der Waals surface area contributed by atoms with E-state index >= 15 is 0 Å². The monoisotopic (exact) mass is 365 g/mol. The quantitative estimate of drug-likeness (QED) is 0.393. The molecule has 0 aromatic heterocycles. The Hall–Kier alpha value is -1.30. The van der Waals surface area contributed by atoms with E-state index in [1.54, 1.807) is 0 Å². The fourth-order valence-electron chi connectivity index (χ4n) is 4.12. The van der Waals surface area contributed by atoms with Crippen molar-refractivity contribution in [1.82, 2.24) is 20.4 Å². The van der Waals surface area contributed by atoms with Gasteiger partial charge < -0.3 is 20.4 Å². The predicted molar refractivity (Wildman–Crippen MR) is 108 cm³/mol. The van der Waals surface area contributed by atoms with E-state index in [9.17, 15) is 4.79 Å². The number of hydrogen-bond donors (Lipinski definition) is 2. The summed E-state index contributed by atoms with van der Waals surface area (Å²) in [6.07, 6.45) is 8.03. The summed E-state index contributed by atoms with van der Waals surface area (Å²) < 4.78 is 0. The number of carbonyl (C=O) groups excluding carboxylic acids is 1. The second kappa shape index (κ2) is 11.4. The molecule has 6 heteroatoms. The fraction of sp³-hybridized carbons (Fsp3) is 0.900. The molecule has 0 aromatic rings. The lowest BCUT2D eigenvalue weighted by atomic mass is 9.88. The van der Waals surface area contributed by atoms with Gasteiger partial charge in [0.05, 0.1) is 0 Å². The van der Waals surface area contributed by atoms with Crippen LogP contribution in [0.25, 0.3) is 0 Å². The predicted octanol–water partition coefficient (Wildman–Crippen LogP) is 2.06. The lowest BCUT2D eigenvalue weighted by Gasteiger charge is -2.26. The van der Waals surface area contributed by atoms with Crippen molar-refractivity contribution >= 4 is 11.9 Å². The maximum absolute atomic E-state index is 12.7. The molecule has 1 amide bonds. The normalized spacial score (nSPS) is 22.1. The Bertz CT molecular complexity index is 443. The van der Waals surface area contributed by atoms with Gasteiger partial charge in [0.25, 0.3) is 0 Å². The number of guanidine groups is 1. The Morgan fingerprint density at radius 2 is 1.88 bits per heavy atom. The van der Waals surface area contributed by atoms with Gasteiger partial charge in [0.2, 0.25) is 5.91 Å². The lowest BCUT2D eigenvalue weighted by molar-refractivity contribution is -0.135. The molecule has 0 radical (unpaired) electrons. The largest absolute Gasteiger partial charge is 0.356 e. The Morgan fingerprint density at radius 3 is 2.54 bits per heavy atom. The van der Waals surface area contributed by atoms with Crippen LogP contribution in [-0.4, -0.2) is 74.0 Å². The van der Waals surface area contributed by atoms with Gasteiger partial charge >= 0.3 is 0 Å². The van der Waals surface area contributed by atoms with Crippen LogP contribution >= 0.6 is 0 Å². The van der Waals surface area contributed by atoms with Crippen molar-refractivity contribution < 1.29 is 4.79 Å². The van der Waals surface area contributed by atoms with Crippen molar-refractivity contribution in [3.05, 3.63) is 0 Å². The SMILES string of the molecule is CCN(CC)CCCNC(=NC)NC1CCN(C(=O)C2CCCCC2)C1. The molecule has 1 aliphatic carbocycles. The third kappa shape index (κ3) is 6.45. The van der Waals surface area contributed by atoms with E-state index in [4.69, 9.17) is 0 Å². The minimum absolute atomic E-state index is 0.278. The second-order valence-corrected chi connectivity index (χ2v) is 7.63. The molecule has 26 heavy (non-hydrogen) atoms. The Morgan fingerprint density at radius 1 is 1.15 bits per heavy atom. The van der Waals surface area contributed by atoms with E-state index in [0.29, 0.717) is 11.9 Å². The van der Waals surface area contributed by atoms with Crippen LogP contribution in [0, 0.1) is 5.92 Å². The topological polar surface area (TPSA) is 60.0 Å². The molecule has 2 N–H and O–H groups in total. The van der Waals surface area contributed by atoms with Crippen LogP contribution in [0.15, 0.2) is 4.99 Å². The molecule has 1 saturated heterocycles. The van der Waals surface area contributed by atoms with Gasteiger partial charge in [-0.3, -0.25) is 9.79 Å². The van der Waals surface area contributed by atoms with Crippen molar-refractivity contribution in [2.24, 2.45) is 10.9 Å². The van der Waals surface area contributed by atoms with Crippen LogP contribution in [0.5, 0.6) is 0 Å². The maximum Gasteiger partial charge on any atom is 0.225 e. The van der Waals surface area contributed by atoms with Crippen molar-refractivity contribution in [2.45, 2.75) is 64.8 Å². The molecular formula is C20H39N5O. The number of hydrogen-bond acceptors (Lipinski definition) is 3. The first-order valence-corrected chi connectivity index (χ1v) is 10.7. The van der Waals surface area contributed by atoms with Crippen molar-refractivity contribution in [3.63, 3.8) is 0 Å². The smallest absolute Gasteiger partial charge is 0.225 e. The molecule has 1 aliphatic heterocycles. The minimum Gasteiger partial charge on any atom is -0.356 e. The summed E-state index contributed by atoms with van der Waals surface area (Å²) >= 11 is 0. The highest BCUT2D eigenvalue weighted by Crippen LogP contribution is 2.26. The number of amides is 1. The highest BCUT2D eigenvalue weighted by Gasteiger charge is 2.31. The maximum atomic E-state index is 12.7. The van der Waals surface area contributed by atoms with Gasteiger partial charge in [-0.25, -0.2) is 0 Å². The van der Waals surface area contributed by atoms with Crippen LogP contribution in [0.2, 0.25) is 0 Å². The van der Waals surface area contributed by atoms with Gasteiger partial charge in [-0.15, -0.1) is 0 Å². The molecule has 1 heterocycles. The molecule has 6 nitrogen and oxygen atoms in total. The molecule has 150 valence electrons. The van der Waals surface area contributed by atoms with Crippen LogP contribution in [0.3, 0.4) is 0 Å². The van der Waals surface area contributed by atoms with Crippen LogP contribution < -0.4 is 10.6 Å². The zero-order valence-electron chi connectivity index (χ0n) is 17.1.